The molecular weight excluding hydrogens is 348 g/mol. The van der Waals surface area contributed by atoms with Gasteiger partial charge in [-0.15, -0.1) is 0 Å². The molecule has 0 aliphatic carbocycles. The van der Waals surface area contributed by atoms with Crippen molar-refractivity contribution in [1.29, 1.82) is 0 Å². The molecular formula is C20H24N2O3S. The van der Waals surface area contributed by atoms with Crippen molar-refractivity contribution in [3.8, 4) is 11.5 Å². The van der Waals surface area contributed by atoms with Crippen molar-refractivity contribution in [1.82, 2.24) is 5.32 Å². The number of amides is 1. The van der Waals surface area contributed by atoms with Crippen LogP contribution >= 0.6 is 12.2 Å². The highest BCUT2D eigenvalue weighted by Gasteiger charge is 2.09. The third-order valence-corrected chi connectivity index (χ3v) is 3.84. The predicted molar refractivity (Wildman–Crippen MR) is 108 cm³/mol. The number of rotatable bonds is 7. The molecule has 0 aromatic heterocycles. The Morgan fingerprint density at radius 1 is 1.12 bits per heavy atom. The fraction of sp³-hybridized carbons (Fsp3) is 0.300. The summed E-state index contributed by atoms with van der Waals surface area (Å²) in [7, 11) is 1.61. The van der Waals surface area contributed by atoms with Crippen molar-refractivity contribution in [2.75, 3.05) is 19.0 Å². The van der Waals surface area contributed by atoms with Crippen LogP contribution < -0.4 is 20.1 Å². The van der Waals surface area contributed by atoms with Gasteiger partial charge in [0.2, 0.25) is 0 Å². The molecule has 1 amide bonds. The van der Waals surface area contributed by atoms with Crippen LogP contribution in [-0.2, 0) is 0 Å². The molecule has 2 rings (SSSR count). The highest BCUT2D eigenvalue weighted by Crippen LogP contribution is 2.16. The van der Waals surface area contributed by atoms with Gasteiger partial charge in [-0.1, -0.05) is 19.9 Å². The van der Waals surface area contributed by atoms with Crippen LogP contribution in [0.5, 0.6) is 11.5 Å². The first-order valence-electron chi connectivity index (χ1n) is 8.47. The molecule has 26 heavy (non-hydrogen) atoms. The van der Waals surface area contributed by atoms with E-state index < -0.39 is 0 Å². The Morgan fingerprint density at radius 3 is 2.50 bits per heavy atom. The molecule has 138 valence electrons. The van der Waals surface area contributed by atoms with E-state index in [1.807, 2.05) is 30.3 Å². The zero-order chi connectivity index (χ0) is 18.9. The van der Waals surface area contributed by atoms with Gasteiger partial charge in [0, 0.05) is 11.3 Å². The van der Waals surface area contributed by atoms with Gasteiger partial charge < -0.3 is 14.8 Å². The van der Waals surface area contributed by atoms with E-state index in [4.69, 9.17) is 21.7 Å². The van der Waals surface area contributed by atoms with E-state index in [0.717, 1.165) is 17.9 Å². The second-order valence-electron chi connectivity index (χ2n) is 6.20. The molecule has 2 N–H and O–H groups in total. The molecule has 0 saturated heterocycles. The van der Waals surface area contributed by atoms with Gasteiger partial charge in [0.15, 0.2) is 5.11 Å². The molecule has 2 aromatic rings. The van der Waals surface area contributed by atoms with Crippen LogP contribution in [0.25, 0.3) is 0 Å². The molecule has 0 atom stereocenters. The number of thiocarbonyl (C=S) groups is 1. The van der Waals surface area contributed by atoms with Gasteiger partial charge in [0.25, 0.3) is 5.91 Å². The fourth-order valence-corrected chi connectivity index (χ4v) is 2.36. The Bertz CT molecular complexity index is 745. The Labute approximate surface area is 159 Å². The van der Waals surface area contributed by atoms with Gasteiger partial charge in [0.1, 0.15) is 11.5 Å². The molecule has 0 aliphatic rings. The maximum Gasteiger partial charge on any atom is 0.257 e. The summed E-state index contributed by atoms with van der Waals surface area (Å²) in [4.78, 5) is 12.4. The molecule has 0 fully saturated rings. The minimum absolute atomic E-state index is 0.228. The third-order valence-electron chi connectivity index (χ3n) is 3.64. The summed E-state index contributed by atoms with van der Waals surface area (Å²) in [6, 6.07) is 14.3. The van der Waals surface area contributed by atoms with E-state index in [2.05, 4.69) is 24.5 Å². The molecule has 0 aliphatic heterocycles. The van der Waals surface area contributed by atoms with E-state index in [0.29, 0.717) is 23.8 Å². The summed E-state index contributed by atoms with van der Waals surface area (Å²) in [5.74, 6) is 1.71. The molecule has 6 heteroatoms. The monoisotopic (exact) mass is 372 g/mol. The molecule has 0 heterocycles. The third kappa shape index (κ3) is 6.37. The lowest BCUT2D eigenvalue weighted by Crippen LogP contribution is -2.34. The highest BCUT2D eigenvalue weighted by molar-refractivity contribution is 7.80. The van der Waals surface area contributed by atoms with Crippen LogP contribution in [-0.4, -0.2) is 24.7 Å². The van der Waals surface area contributed by atoms with Gasteiger partial charge >= 0.3 is 0 Å². The highest BCUT2D eigenvalue weighted by atomic mass is 32.1. The average molecular weight is 372 g/mol. The summed E-state index contributed by atoms with van der Waals surface area (Å²) < 4.78 is 10.8. The first-order chi connectivity index (χ1) is 12.5. The average Bonchev–Trinajstić information content (AvgIpc) is 2.62. The number of carbonyl (C=O) groups excluding carboxylic acids is 1. The SMILES string of the molecule is COc1ccc(NC(=S)NC(=O)c2cccc(OCCC(C)C)c2)cc1. The predicted octanol–water partition coefficient (Wildman–Crippen LogP) is 4.25. The lowest BCUT2D eigenvalue weighted by molar-refractivity contribution is 0.0977. The number of hydrogen-bond acceptors (Lipinski definition) is 4. The topological polar surface area (TPSA) is 59.6 Å². The van der Waals surface area contributed by atoms with Gasteiger partial charge in [0.05, 0.1) is 13.7 Å². The van der Waals surface area contributed by atoms with Gasteiger partial charge in [-0.05, 0) is 67.0 Å². The summed E-state index contributed by atoms with van der Waals surface area (Å²) in [6.45, 7) is 4.91. The lowest BCUT2D eigenvalue weighted by atomic mass is 10.1. The van der Waals surface area contributed by atoms with Gasteiger partial charge in [-0.25, -0.2) is 0 Å². The number of methoxy groups -OCH3 is 1. The number of anilines is 1. The van der Waals surface area contributed by atoms with Crippen LogP contribution in [0.2, 0.25) is 0 Å². The summed E-state index contributed by atoms with van der Waals surface area (Å²) in [6.07, 6.45) is 0.965. The van der Waals surface area contributed by atoms with E-state index in [1.165, 1.54) is 0 Å². The minimum atomic E-state index is -0.287. The molecule has 0 saturated carbocycles. The van der Waals surface area contributed by atoms with Crippen molar-refractivity contribution >= 4 is 28.9 Å². The van der Waals surface area contributed by atoms with Crippen LogP contribution in [0.4, 0.5) is 5.69 Å². The Morgan fingerprint density at radius 2 is 1.85 bits per heavy atom. The normalized spacial score (nSPS) is 10.3. The number of ether oxygens (including phenoxy) is 2. The van der Waals surface area contributed by atoms with Crippen molar-refractivity contribution in [2.45, 2.75) is 20.3 Å². The number of nitrogens with one attached hydrogen (secondary N) is 2. The molecule has 0 unspecified atom stereocenters. The van der Waals surface area contributed by atoms with Crippen molar-refractivity contribution in [2.24, 2.45) is 5.92 Å². The van der Waals surface area contributed by atoms with Crippen molar-refractivity contribution < 1.29 is 14.3 Å². The zero-order valence-corrected chi connectivity index (χ0v) is 16.1. The number of benzene rings is 2. The fourth-order valence-electron chi connectivity index (χ4n) is 2.15. The number of carbonyl (C=O) groups is 1. The summed E-state index contributed by atoms with van der Waals surface area (Å²) >= 11 is 5.20. The smallest absolute Gasteiger partial charge is 0.257 e. The van der Waals surface area contributed by atoms with Crippen LogP contribution in [0.1, 0.15) is 30.6 Å². The van der Waals surface area contributed by atoms with Crippen molar-refractivity contribution in [3.63, 3.8) is 0 Å². The maximum absolute atomic E-state index is 12.4. The largest absolute Gasteiger partial charge is 0.497 e. The van der Waals surface area contributed by atoms with Crippen LogP contribution in [0.3, 0.4) is 0 Å². The van der Waals surface area contributed by atoms with E-state index >= 15 is 0 Å². The van der Waals surface area contributed by atoms with Crippen molar-refractivity contribution in [3.05, 3.63) is 54.1 Å². The van der Waals surface area contributed by atoms with E-state index in [-0.39, 0.29) is 11.0 Å². The van der Waals surface area contributed by atoms with E-state index in [9.17, 15) is 4.79 Å². The quantitative estimate of drug-likeness (QED) is 0.712. The minimum Gasteiger partial charge on any atom is -0.497 e. The second-order valence-corrected chi connectivity index (χ2v) is 6.60. The Kier molecular flexibility index (Phi) is 7.41. The van der Waals surface area contributed by atoms with E-state index in [1.54, 1.807) is 25.3 Å². The van der Waals surface area contributed by atoms with Gasteiger partial charge in [-0.2, -0.15) is 0 Å². The Balaban J connectivity index is 1.90. The van der Waals surface area contributed by atoms with Crippen LogP contribution in [0.15, 0.2) is 48.5 Å². The van der Waals surface area contributed by atoms with Gasteiger partial charge in [-0.3, -0.25) is 10.1 Å². The Hall–Kier alpha value is -2.60. The first-order valence-corrected chi connectivity index (χ1v) is 8.88. The summed E-state index contributed by atoms with van der Waals surface area (Å²) in [5.41, 5.74) is 1.26. The first kappa shape index (κ1) is 19.7. The maximum atomic E-state index is 12.4. The molecule has 0 spiro atoms. The molecule has 0 bridgehead atoms. The molecule has 0 radical (unpaired) electrons. The standard InChI is InChI=1S/C20H24N2O3S/c1-14(2)11-12-25-18-6-4-5-15(13-18)19(23)22-20(26)21-16-7-9-17(24-3)10-8-16/h4-10,13-14H,11-12H2,1-3H3,(H2,21,22,23,26). The zero-order valence-electron chi connectivity index (χ0n) is 15.2. The van der Waals surface area contributed by atoms with Crippen LogP contribution in [0, 0.1) is 5.92 Å². The summed E-state index contributed by atoms with van der Waals surface area (Å²) in [5, 5.41) is 5.87. The number of hydrogen-bond donors (Lipinski definition) is 2. The molecule has 2 aromatic carbocycles. The lowest BCUT2D eigenvalue weighted by Gasteiger charge is -2.11. The molecule has 5 nitrogen and oxygen atoms in total. The second kappa shape index (κ2) is 9.77.